The van der Waals surface area contributed by atoms with E-state index >= 15 is 0 Å². The number of benzene rings is 1. The number of unbranched alkanes of at least 4 members (excludes halogenated alkanes) is 6. The van der Waals surface area contributed by atoms with Crippen LogP contribution in [-0.2, 0) is 5.41 Å². The fourth-order valence-corrected chi connectivity index (χ4v) is 3.15. The maximum Gasteiger partial charge on any atom is 0.123 e. The molecule has 0 nitrogen and oxygen atoms in total. The minimum absolute atomic E-state index is 0.127. The van der Waals surface area contributed by atoms with Crippen molar-refractivity contribution in [2.45, 2.75) is 90.4 Å². The number of rotatable bonds is 11. The summed E-state index contributed by atoms with van der Waals surface area (Å²) in [6, 6.07) is 7.22. The van der Waals surface area contributed by atoms with Crippen LogP contribution >= 0.6 is 0 Å². The Morgan fingerprint density at radius 3 is 1.67 bits per heavy atom. The summed E-state index contributed by atoms with van der Waals surface area (Å²) < 4.78 is 13.2. The molecule has 120 valence electrons. The molecule has 1 aromatic rings. The highest BCUT2D eigenvalue weighted by atomic mass is 19.1. The van der Waals surface area contributed by atoms with Gasteiger partial charge in [-0.3, -0.25) is 0 Å². The second kappa shape index (κ2) is 9.97. The summed E-state index contributed by atoms with van der Waals surface area (Å²) in [6.45, 7) is 6.88. The predicted molar refractivity (Wildman–Crippen MR) is 91.3 cm³/mol. The quantitative estimate of drug-likeness (QED) is 0.384. The molecule has 0 aliphatic heterocycles. The normalized spacial score (nSPS) is 11.8. The van der Waals surface area contributed by atoms with Crippen molar-refractivity contribution >= 4 is 0 Å². The molecule has 0 unspecified atom stereocenters. The fraction of sp³-hybridized carbons (Fsp3) is 0.700. The molecular formula is C20H33F. The van der Waals surface area contributed by atoms with E-state index in [-0.39, 0.29) is 11.2 Å². The second-order valence-electron chi connectivity index (χ2n) is 6.69. The zero-order valence-corrected chi connectivity index (χ0v) is 14.3. The van der Waals surface area contributed by atoms with E-state index in [4.69, 9.17) is 0 Å². The first-order valence-electron chi connectivity index (χ1n) is 8.88. The van der Waals surface area contributed by atoms with Crippen molar-refractivity contribution in [1.29, 1.82) is 0 Å². The van der Waals surface area contributed by atoms with Crippen LogP contribution in [-0.4, -0.2) is 0 Å². The van der Waals surface area contributed by atoms with E-state index in [1.807, 2.05) is 12.1 Å². The van der Waals surface area contributed by atoms with Gasteiger partial charge in [-0.2, -0.15) is 0 Å². The van der Waals surface area contributed by atoms with E-state index in [0.717, 1.165) is 0 Å². The molecule has 0 aliphatic carbocycles. The maximum atomic E-state index is 13.2. The molecule has 0 spiro atoms. The van der Waals surface area contributed by atoms with Crippen molar-refractivity contribution in [1.82, 2.24) is 0 Å². The van der Waals surface area contributed by atoms with Gasteiger partial charge in [-0.1, -0.05) is 84.3 Å². The minimum atomic E-state index is -0.127. The first kappa shape index (κ1) is 18.2. The molecule has 0 saturated heterocycles. The molecule has 0 aromatic heterocycles. The summed E-state index contributed by atoms with van der Waals surface area (Å²) in [5.74, 6) is -0.127. The van der Waals surface area contributed by atoms with Crippen molar-refractivity contribution in [2.75, 3.05) is 0 Å². The molecule has 0 heterocycles. The fourth-order valence-electron chi connectivity index (χ4n) is 3.15. The van der Waals surface area contributed by atoms with Crippen LogP contribution in [0.25, 0.3) is 0 Å². The molecule has 0 bridgehead atoms. The molecule has 21 heavy (non-hydrogen) atoms. The topological polar surface area (TPSA) is 0 Å². The highest BCUT2D eigenvalue weighted by Gasteiger charge is 2.25. The lowest BCUT2D eigenvalue weighted by molar-refractivity contribution is 0.364. The summed E-state index contributed by atoms with van der Waals surface area (Å²) in [4.78, 5) is 0. The van der Waals surface area contributed by atoms with E-state index in [2.05, 4.69) is 20.8 Å². The SMILES string of the molecule is CCCCCCC(C)(CCCCCC)c1ccc(F)cc1. The van der Waals surface area contributed by atoms with Crippen LogP contribution in [0.5, 0.6) is 0 Å². The minimum Gasteiger partial charge on any atom is -0.207 e. The molecule has 0 amide bonds. The molecular weight excluding hydrogens is 259 g/mol. The van der Waals surface area contributed by atoms with Gasteiger partial charge in [0.05, 0.1) is 0 Å². The summed E-state index contributed by atoms with van der Waals surface area (Å²) in [5.41, 5.74) is 1.53. The van der Waals surface area contributed by atoms with Gasteiger partial charge < -0.3 is 0 Å². The van der Waals surface area contributed by atoms with E-state index in [1.165, 1.54) is 69.8 Å². The molecule has 0 saturated carbocycles. The smallest absolute Gasteiger partial charge is 0.123 e. The van der Waals surface area contributed by atoms with Gasteiger partial charge in [-0.25, -0.2) is 4.39 Å². The van der Waals surface area contributed by atoms with Crippen molar-refractivity contribution in [2.24, 2.45) is 0 Å². The summed E-state index contributed by atoms with van der Waals surface area (Å²) in [5, 5.41) is 0. The third-order valence-electron chi connectivity index (χ3n) is 4.71. The van der Waals surface area contributed by atoms with Crippen LogP contribution in [0, 0.1) is 5.82 Å². The van der Waals surface area contributed by atoms with Gasteiger partial charge in [-0.15, -0.1) is 0 Å². The zero-order valence-electron chi connectivity index (χ0n) is 14.3. The van der Waals surface area contributed by atoms with Gasteiger partial charge in [-0.05, 0) is 36.0 Å². The third-order valence-corrected chi connectivity index (χ3v) is 4.71. The van der Waals surface area contributed by atoms with Gasteiger partial charge in [0, 0.05) is 0 Å². The van der Waals surface area contributed by atoms with Crippen LogP contribution in [0.1, 0.15) is 90.5 Å². The molecule has 0 fully saturated rings. The van der Waals surface area contributed by atoms with Crippen LogP contribution < -0.4 is 0 Å². The van der Waals surface area contributed by atoms with E-state index in [0.29, 0.717) is 0 Å². The molecule has 0 atom stereocenters. The zero-order chi connectivity index (χ0) is 15.6. The lowest BCUT2D eigenvalue weighted by atomic mass is 9.74. The molecule has 1 heteroatoms. The largest absolute Gasteiger partial charge is 0.207 e. The number of halogens is 1. The van der Waals surface area contributed by atoms with Crippen LogP contribution in [0.2, 0.25) is 0 Å². The van der Waals surface area contributed by atoms with Gasteiger partial charge in [0.1, 0.15) is 5.82 Å². The summed E-state index contributed by atoms with van der Waals surface area (Å²) in [6.07, 6.45) is 12.9. The van der Waals surface area contributed by atoms with Crippen molar-refractivity contribution in [3.8, 4) is 0 Å². The second-order valence-corrected chi connectivity index (χ2v) is 6.69. The Bertz CT molecular complexity index is 354. The Balaban J connectivity index is 2.65. The third kappa shape index (κ3) is 6.63. The maximum absolute atomic E-state index is 13.2. The van der Waals surface area contributed by atoms with Crippen molar-refractivity contribution in [3.63, 3.8) is 0 Å². The Morgan fingerprint density at radius 2 is 1.24 bits per heavy atom. The van der Waals surface area contributed by atoms with E-state index in [9.17, 15) is 4.39 Å². The lowest BCUT2D eigenvalue weighted by Gasteiger charge is -2.31. The summed E-state index contributed by atoms with van der Waals surface area (Å²) >= 11 is 0. The summed E-state index contributed by atoms with van der Waals surface area (Å²) in [7, 11) is 0. The first-order chi connectivity index (χ1) is 10.1. The lowest BCUT2D eigenvalue weighted by Crippen LogP contribution is -2.22. The molecule has 1 rings (SSSR count). The van der Waals surface area contributed by atoms with Crippen LogP contribution in [0.3, 0.4) is 0 Å². The standard InChI is InChI=1S/C20H33F/c1-4-6-8-10-16-20(3,17-11-9-7-5-2)18-12-14-19(21)15-13-18/h12-15H,4-11,16-17H2,1-3H3. The average molecular weight is 292 g/mol. The van der Waals surface area contributed by atoms with Gasteiger partial charge in [0.15, 0.2) is 0 Å². The number of hydrogen-bond acceptors (Lipinski definition) is 0. The molecule has 0 radical (unpaired) electrons. The van der Waals surface area contributed by atoms with E-state index in [1.54, 1.807) is 12.1 Å². The molecule has 0 N–H and O–H groups in total. The Labute approximate surface area is 131 Å². The first-order valence-corrected chi connectivity index (χ1v) is 8.88. The molecule has 1 aromatic carbocycles. The van der Waals surface area contributed by atoms with Gasteiger partial charge >= 0.3 is 0 Å². The van der Waals surface area contributed by atoms with Gasteiger partial charge in [0.2, 0.25) is 0 Å². The van der Waals surface area contributed by atoms with Crippen molar-refractivity contribution in [3.05, 3.63) is 35.6 Å². The average Bonchev–Trinajstić information content (AvgIpc) is 2.49. The Kier molecular flexibility index (Phi) is 8.64. The highest BCUT2D eigenvalue weighted by Crippen LogP contribution is 2.35. The predicted octanol–water partition coefficient (Wildman–Crippen LogP) is 7.02. The molecule has 0 aliphatic rings. The Hall–Kier alpha value is -0.850. The van der Waals surface area contributed by atoms with Crippen LogP contribution in [0.15, 0.2) is 24.3 Å². The highest BCUT2D eigenvalue weighted by molar-refractivity contribution is 5.25. The van der Waals surface area contributed by atoms with E-state index < -0.39 is 0 Å². The van der Waals surface area contributed by atoms with Crippen LogP contribution in [0.4, 0.5) is 4.39 Å². The van der Waals surface area contributed by atoms with Crippen molar-refractivity contribution < 1.29 is 4.39 Å². The van der Waals surface area contributed by atoms with Gasteiger partial charge in [0.25, 0.3) is 0 Å². The number of hydrogen-bond donors (Lipinski definition) is 0. The Morgan fingerprint density at radius 1 is 0.762 bits per heavy atom. The monoisotopic (exact) mass is 292 g/mol.